The van der Waals surface area contributed by atoms with Crippen LogP contribution in [0.5, 0.6) is 23.0 Å². The molecule has 0 bridgehead atoms. The number of aliphatic hydroxyl groups is 1. The molecule has 3 aliphatic heterocycles. The molecule has 79 heavy (non-hydrogen) atoms. The summed E-state index contributed by atoms with van der Waals surface area (Å²) in [5, 5.41) is 10.9. The Morgan fingerprint density at radius 1 is 0.684 bits per heavy atom. The number of ether oxygens (including phenoxy) is 6. The van der Waals surface area contributed by atoms with E-state index in [9.17, 15) is 33.9 Å². The number of carbonyl (C=O) groups is 6. The van der Waals surface area contributed by atoms with Gasteiger partial charge in [-0.15, -0.1) is 0 Å². The van der Waals surface area contributed by atoms with Crippen molar-refractivity contribution in [3.05, 3.63) is 104 Å². The molecule has 0 saturated carbocycles. The van der Waals surface area contributed by atoms with Gasteiger partial charge in [0.1, 0.15) is 11.2 Å². The quantitative estimate of drug-likeness (QED) is 0.0611. The number of hydrogen-bond acceptors (Lipinski definition) is 16. The third kappa shape index (κ3) is 17.1. The molecule has 0 spiro atoms. The average molecular weight is 1220 g/mol. The number of amides is 2. The van der Waals surface area contributed by atoms with Gasteiger partial charge in [0.25, 0.3) is 0 Å². The molecule has 6 rings (SSSR count). The monoisotopic (exact) mass is 1220 g/mol. The van der Waals surface area contributed by atoms with Gasteiger partial charge < -0.3 is 43.3 Å². The Kier molecular flexibility index (Phi) is 22.1. The van der Waals surface area contributed by atoms with Gasteiger partial charge in [0.05, 0.1) is 46.6 Å². The van der Waals surface area contributed by atoms with Crippen LogP contribution in [0.3, 0.4) is 0 Å². The summed E-state index contributed by atoms with van der Waals surface area (Å²) < 4.78 is 49.3. The first-order valence-electron chi connectivity index (χ1n) is 26.3. The van der Waals surface area contributed by atoms with E-state index in [1.165, 1.54) is 18.8 Å². The Morgan fingerprint density at radius 2 is 1.10 bits per heavy atom. The summed E-state index contributed by atoms with van der Waals surface area (Å²) in [4.78, 5) is 78.3. The van der Waals surface area contributed by atoms with Crippen LogP contribution in [-0.4, -0.2) is 115 Å². The van der Waals surface area contributed by atoms with Crippen molar-refractivity contribution in [1.29, 1.82) is 0 Å². The van der Waals surface area contributed by atoms with Crippen molar-refractivity contribution in [1.82, 2.24) is 9.80 Å². The number of ketones is 1. The number of fused-ring (bicyclic) bond motifs is 3. The van der Waals surface area contributed by atoms with E-state index in [-0.39, 0.29) is 29.9 Å². The summed E-state index contributed by atoms with van der Waals surface area (Å²) in [5.74, 6) is 1.19. The van der Waals surface area contributed by atoms with Crippen molar-refractivity contribution in [2.24, 2.45) is 11.8 Å². The van der Waals surface area contributed by atoms with Crippen LogP contribution in [-0.2, 0) is 45.9 Å². The van der Waals surface area contributed by atoms with E-state index >= 15 is 0 Å². The van der Waals surface area contributed by atoms with Crippen LogP contribution >= 0.6 is 18.3 Å². The molecule has 2 amide bonds. The van der Waals surface area contributed by atoms with Gasteiger partial charge in [-0.05, 0) is 137 Å². The maximum absolute atomic E-state index is 13.0. The predicted molar refractivity (Wildman–Crippen MR) is 309 cm³/mol. The van der Waals surface area contributed by atoms with Gasteiger partial charge >= 0.3 is 124 Å². The van der Waals surface area contributed by atoms with E-state index in [1.807, 2.05) is 65.8 Å². The molecule has 18 nitrogen and oxygen atoms in total. The number of benzene rings is 3. The Balaban J connectivity index is 0.000000262. The summed E-state index contributed by atoms with van der Waals surface area (Å²) in [5.41, 5.74) is 4.37. The van der Waals surface area contributed by atoms with E-state index < -0.39 is 65.6 Å². The number of aliphatic hydroxyl groups excluding tert-OH is 1. The molecule has 0 radical (unpaired) electrons. The molecule has 438 valence electrons. The summed E-state index contributed by atoms with van der Waals surface area (Å²) in [6, 6.07) is 13.3. The van der Waals surface area contributed by atoms with Crippen molar-refractivity contribution in [3.8, 4) is 23.0 Å². The number of methoxy groups -OCH3 is 4. The molecule has 0 saturated heterocycles. The summed E-state index contributed by atoms with van der Waals surface area (Å²) in [7, 11) is 6.37. The van der Waals surface area contributed by atoms with E-state index in [2.05, 4.69) is 40.9 Å². The van der Waals surface area contributed by atoms with E-state index in [0.717, 1.165) is 34.2 Å². The van der Waals surface area contributed by atoms with Gasteiger partial charge in [-0.25, -0.2) is 9.59 Å². The fourth-order valence-electron chi connectivity index (χ4n) is 9.45. The zero-order valence-corrected chi connectivity index (χ0v) is 51.6. The standard InChI is InChI=1S/C24H37NO5.C24H35NO5.C12H13IO6/c2*1-15(2)11-16(3)20(26)14-19-18-13-22(29-8)21(28-7)12-17(18)9-10-25(19)23(27)30-24(4,5)6;1-8(14)17-13(3,18-9(2)15)11-7-5-4-6-10(11)12(16)19-13/h12-13,15,19-20,26H,3,9-11,14H2,1-2,4-8H3;12-13,15,19H,3,9-11,14H2,1-2,4-8H3;4-7H,1-3H3/t19-,20?;19-;/m11./s1. The number of Topliss-reactive ketones (excluding diaryl/α,β-unsaturated/α-hetero) is 1. The zero-order chi connectivity index (χ0) is 59.6. The first kappa shape index (κ1) is 65.2. The van der Waals surface area contributed by atoms with Crippen LogP contribution in [0.1, 0.15) is 153 Å². The predicted octanol–water partition coefficient (Wildman–Crippen LogP) is 12.1. The minimum absolute atomic E-state index is 0.0371. The van der Waals surface area contributed by atoms with Crippen molar-refractivity contribution < 1.29 is 71.5 Å². The Labute approximate surface area is 469 Å². The normalized spacial score (nSPS) is 17.6. The molecule has 0 aliphatic carbocycles. The van der Waals surface area contributed by atoms with Crippen LogP contribution in [0.15, 0.2) is 72.8 Å². The number of allylic oxidation sites excluding steroid dienone is 1. The van der Waals surface area contributed by atoms with E-state index in [1.54, 1.807) is 62.5 Å². The molecule has 3 aromatic rings. The minimum atomic E-state index is -5.01. The number of rotatable bonds is 16. The number of halogens is 1. The molecule has 3 aromatic carbocycles. The molecule has 1 N–H and O–H groups in total. The fraction of sp³-hybridized carbons (Fsp3) is 0.533. The second-order valence-corrected chi connectivity index (χ2v) is 31.2. The second kappa shape index (κ2) is 26.7. The van der Waals surface area contributed by atoms with Gasteiger partial charge in [0.15, 0.2) is 28.8 Å². The summed E-state index contributed by atoms with van der Waals surface area (Å²) >= 11 is -5.01. The Bertz CT molecular complexity index is 2730. The maximum atomic E-state index is 13.0. The van der Waals surface area contributed by atoms with Crippen molar-refractivity contribution in [3.63, 3.8) is 0 Å². The molecular weight excluding hydrogens is 1130 g/mol. The topological polar surface area (TPSA) is 212 Å². The van der Waals surface area contributed by atoms with E-state index in [0.29, 0.717) is 82.7 Å². The third-order valence-corrected chi connectivity index (χ3v) is 20.9. The molecule has 3 atom stereocenters. The summed E-state index contributed by atoms with van der Waals surface area (Å²) in [6.07, 6.45) is 1.68. The number of hydrogen-bond donors (Lipinski definition) is 1. The molecular formula is C60H85IN2O16. The van der Waals surface area contributed by atoms with Gasteiger partial charge in [0.2, 0.25) is 0 Å². The van der Waals surface area contributed by atoms with Gasteiger partial charge in [-0.1, -0.05) is 40.9 Å². The molecule has 0 fully saturated rings. The van der Waals surface area contributed by atoms with E-state index in [4.69, 9.17) is 37.6 Å². The van der Waals surface area contributed by atoms with Crippen LogP contribution in [0.2, 0.25) is 0 Å². The molecule has 0 aromatic heterocycles. The first-order valence-corrected chi connectivity index (χ1v) is 32.2. The second-order valence-electron chi connectivity index (χ2n) is 22.6. The molecule has 3 aliphatic rings. The van der Waals surface area contributed by atoms with Crippen LogP contribution in [0.25, 0.3) is 0 Å². The number of carbonyl (C=O) groups excluding carboxylic acids is 6. The zero-order valence-electron chi connectivity index (χ0n) is 49.4. The molecule has 3 heterocycles. The molecule has 19 heteroatoms. The SMILES string of the molecule is C=C(CC(C)C)C(=O)C[C@@H]1c2cc(OC)c(OC)cc2CCN1C(=O)OC(C)(C)C.C=C(CC(C)C)C(O)C[C@@H]1c2cc(OC)c(OC)cc2CCN1C(=O)OC(C)(C)C.CC(=O)OI1(C)(OC(C)=O)OC(=O)c2ccccc21. The molecule has 1 unspecified atom stereocenters. The summed E-state index contributed by atoms with van der Waals surface area (Å²) in [6.45, 7) is 30.7. The first-order chi connectivity index (χ1) is 36.7. The van der Waals surface area contributed by atoms with Crippen molar-refractivity contribution in [2.75, 3.05) is 46.5 Å². The Hall–Kier alpha value is -6.35. The third-order valence-electron chi connectivity index (χ3n) is 12.6. The van der Waals surface area contributed by atoms with Gasteiger partial charge in [0, 0.05) is 25.9 Å². The van der Waals surface area contributed by atoms with Crippen LogP contribution in [0.4, 0.5) is 9.59 Å². The van der Waals surface area contributed by atoms with Crippen molar-refractivity contribution >= 4 is 54.2 Å². The Morgan fingerprint density at radius 3 is 1.52 bits per heavy atom. The fourth-order valence-corrected chi connectivity index (χ4v) is 17.2. The van der Waals surface area contributed by atoms with Crippen molar-refractivity contribution in [2.45, 2.75) is 151 Å². The van der Waals surface area contributed by atoms with Gasteiger partial charge in [-0.2, -0.15) is 0 Å². The average Bonchev–Trinajstić information content (AvgIpc) is 3.63. The number of nitrogens with zero attached hydrogens (tertiary/aromatic N) is 2. The van der Waals surface area contributed by atoms with Gasteiger partial charge in [-0.3, -0.25) is 4.79 Å². The van der Waals surface area contributed by atoms with Crippen LogP contribution < -0.4 is 18.9 Å². The number of alkyl halides is 1. The van der Waals surface area contributed by atoms with Crippen LogP contribution in [0, 0.1) is 15.4 Å².